The maximum absolute atomic E-state index is 12.5. The van der Waals surface area contributed by atoms with Crippen LogP contribution in [0.15, 0.2) is 21.9 Å². The van der Waals surface area contributed by atoms with E-state index in [0.29, 0.717) is 10.6 Å². The van der Waals surface area contributed by atoms with E-state index in [-0.39, 0.29) is 27.6 Å². The van der Waals surface area contributed by atoms with Crippen LogP contribution in [0.3, 0.4) is 0 Å². The Morgan fingerprint density at radius 3 is 2.52 bits per heavy atom. The maximum atomic E-state index is 12.5. The van der Waals surface area contributed by atoms with Crippen LogP contribution in [0.2, 0.25) is 5.02 Å². The molecule has 0 saturated carbocycles. The minimum absolute atomic E-state index is 0.0341. The van der Waals surface area contributed by atoms with Crippen molar-refractivity contribution in [2.45, 2.75) is 16.7 Å². The number of nitrogen functional groups attached to an aromatic ring is 1. The van der Waals surface area contributed by atoms with E-state index in [2.05, 4.69) is 32.3 Å². The normalized spacial score (nSPS) is 11.3. The average molecular weight is 375 g/mol. The fourth-order valence-electron chi connectivity index (χ4n) is 1.66. The molecule has 1 heterocycles. The molecular formula is C12H15ClN6O2S2. The first-order valence-corrected chi connectivity index (χ1v) is 8.62. The fraction of sp³-hybridized carbons (Fsp3) is 0.250. The highest BCUT2D eigenvalue weighted by molar-refractivity contribution is 7.93. The van der Waals surface area contributed by atoms with Crippen molar-refractivity contribution in [2.24, 2.45) is 0 Å². The van der Waals surface area contributed by atoms with Gasteiger partial charge in [0.25, 0.3) is 10.0 Å². The third-order valence-corrected chi connectivity index (χ3v) is 5.09. The molecule has 1 aromatic heterocycles. The van der Waals surface area contributed by atoms with Crippen LogP contribution in [0, 0.1) is 6.92 Å². The van der Waals surface area contributed by atoms with E-state index in [4.69, 9.17) is 17.3 Å². The molecule has 11 heteroatoms. The van der Waals surface area contributed by atoms with Crippen LogP contribution in [0.1, 0.15) is 5.56 Å². The molecular weight excluding hydrogens is 360 g/mol. The summed E-state index contributed by atoms with van der Waals surface area (Å²) in [5.41, 5.74) is 6.18. The van der Waals surface area contributed by atoms with Crippen molar-refractivity contribution in [3.05, 3.63) is 22.7 Å². The molecule has 0 fully saturated rings. The molecule has 0 spiro atoms. The standard InChI is InChI=1S/C12H15ClN6O2S2/c1-6-4-9(8(22)5-7(6)13)23(20,21)18-11-15-10(14)16-12(17-11)19(2)3/h4-5,22H,1-3H3,(H3,14,15,16,17,18). The Balaban J connectivity index is 2.45. The first-order valence-electron chi connectivity index (χ1n) is 6.31. The zero-order chi connectivity index (χ0) is 17.4. The summed E-state index contributed by atoms with van der Waals surface area (Å²) >= 11 is 10.1. The zero-order valence-electron chi connectivity index (χ0n) is 12.6. The Labute approximate surface area is 144 Å². The van der Waals surface area contributed by atoms with Gasteiger partial charge in [-0.15, -0.1) is 12.6 Å². The first-order chi connectivity index (χ1) is 10.6. The lowest BCUT2D eigenvalue weighted by Crippen LogP contribution is -2.20. The van der Waals surface area contributed by atoms with Gasteiger partial charge < -0.3 is 10.6 Å². The molecule has 2 aromatic rings. The number of nitrogens with one attached hydrogen (secondary N) is 1. The quantitative estimate of drug-likeness (QED) is 0.696. The van der Waals surface area contributed by atoms with Crippen LogP contribution < -0.4 is 15.4 Å². The molecule has 23 heavy (non-hydrogen) atoms. The van der Waals surface area contributed by atoms with Crippen LogP contribution in [-0.4, -0.2) is 37.5 Å². The van der Waals surface area contributed by atoms with Crippen molar-refractivity contribution >= 4 is 52.1 Å². The minimum Gasteiger partial charge on any atom is -0.368 e. The number of sulfonamides is 1. The molecule has 0 bridgehead atoms. The molecule has 1 aromatic carbocycles. The van der Waals surface area contributed by atoms with Gasteiger partial charge in [-0.1, -0.05) is 11.6 Å². The number of benzene rings is 1. The minimum atomic E-state index is -3.95. The largest absolute Gasteiger partial charge is 0.368 e. The van der Waals surface area contributed by atoms with Crippen LogP contribution in [0.5, 0.6) is 0 Å². The van der Waals surface area contributed by atoms with Crippen molar-refractivity contribution in [3.8, 4) is 0 Å². The molecule has 2 rings (SSSR count). The molecule has 0 radical (unpaired) electrons. The van der Waals surface area contributed by atoms with Crippen molar-refractivity contribution < 1.29 is 8.42 Å². The maximum Gasteiger partial charge on any atom is 0.265 e. The molecule has 0 amide bonds. The summed E-state index contributed by atoms with van der Waals surface area (Å²) in [6.07, 6.45) is 0. The monoisotopic (exact) mass is 374 g/mol. The summed E-state index contributed by atoms with van der Waals surface area (Å²) in [4.78, 5) is 13.4. The average Bonchev–Trinajstić information content (AvgIpc) is 2.41. The zero-order valence-corrected chi connectivity index (χ0v) is 15.0. The summed E-state index contributed by atoms with van der Waals surface area (Å²) in [5, 5.41) is 0.424. The SMILES string of the molecule is Cc1cc(S(=O)(=O)Nc2nc(N)nc(N(C)C)n2)c(S)cc1Cl. The van der Waals surface area contributed by atoms with Crippen molar-refractivity contribution in [1.82, 2.24) is 15.0 Å². The highest BCUT2D eigenvalue weighted by Crippen LogP contribution is 2.28. The Morgan fingerprint density at radius 2 is 1.91 bits per heavy atom. The van der Waals surface area contributed by atoms with E-state index in [1.54, 1.807) is 25.9 Å². The highest BCUT2D eigenvalue weighted by Gasteiger charge is 2.21. The topological polar surface area (TPSA) is 114 Å². The molecule has 0 aliphatic rings. The smallest absolute Gasteiger partial charge is 0.265 e. The van der Waals surface area contributed by atoms with Crippen LogP contribution >= 0.6 is 24.2 Å². The number of hydrogen-bond acceptors (Lipinski definition) is 8. The van der Waals surface area contributed by atoms with Gasteiger partial charge in [-0.25, -0.2) is 13.1 Å². The highest BCUT2D eigenvalue weighted by atomic mass is 35.5. The lowest BCUT2D eigenvalue weighted by atomic mass is 10.2. The van der Waals surface area contributed by atoms with Crippen LogP contribution in [0.4, 0.5) is 17.8 Å². The third kappa shape index (κ3) is 3.95. The summed E-state index contributed by atoms with van der Waals surface area (Å²) in [6, 6.07) is 2.88. The number of aromatic nitrogens is 3. The number of anilines is 3. The molecule has 0 aliphatic carbocycles. The second-order valence-electron chi connectivity index (χ2n) is 4.89. The summed E-state index contributed by atoms with van der Waals surface area (Å²) in [7, 11) is -0.563. The van der Waals surface area contributed by atoms with Gasteiger partial charge in [-0.05, 0) is 24.6 Å². The molecule has 124 valence electrons. The number of nitrogens with zero attached hydrogens (tertiary/aromatic N) is 4. The first kappa shape index (κ1) is 17.6. The Bertz CT molecular complexity index is 857. The third-order valence-electron chi connectivity index (χ3n) is 2.80. The van der Waals surface area contributed by atoms with Gasteiger partial charge in [0, 0.05) is 24.0 Å². The van der Waals surface area contributed by atoms with E-state index < -0.39 is 10.0 Å². The van der Waals surface area contributed by atoms with Gasteiger partial charge >= 0.3 is 0 Å². The molecule has 0 unspecified atom stereocenters. The fourth-order valence-corrected chi connectivity index (χ4v) is 3.56. The predicted octanol–water partition coefficient (Wildman–Crippen LogP) is 1.57. The number of halogens is 1. The molecule has 0 atom stereocenters. The number of aryl methyl sites for hydroxylation is 1. The molecule has 8 nitrogen and oxygen atoms in total. The second-order valence-corrected chi connectivity index (χ2v) is 7.43. The van der Waals surface area contributed by atoms with Crippen LogP contribution in [-0.2, 0) is 10.0 Å². The van der Waals surface area contributed by atoms with Crippen molar-refractivity contribution in [2.75, 3.05) is 29.5 Å². The summed E-state index contributed by atoms with van der Waals surface area (Å²) in [6.45, 7) is 1.69. The van der Waals surface area contributed by atoms with Crippen molar-refractivity contribution in [1.29, 1.82) is 0 Å². The predicted molar refractivity (Wildman–Crippen MR) is 92.8 cm³/mol. The molecule has 0 saturated heterocycles. The number of rotatable bonds is 4. The number of hydrogen-bond donors (Lipinski definition) is 3. The van der Waals surface area contributed by atoms with Gasteiger partial charge in [0.2, 0.25) is 17.8 Å². The second kappa shape index (κ2) is 6.38. The lowest BCUT2D eigenvalue weighted by molar-refractivity contribution is 0.598. The summed E-state index contributed by atoms with van der Waals surface area (Å²) < 4.78 is 27.3. The van der Waals surface area contributed by atoms with E-state index in [1.807, 2.05) is 0 Å². The lowest BCUT2D eigenvalue weighted by Gasteiger charge is -2.13. The van der Waals surface area contributed by atoms with Crippen molar-refractivity contribution in [3.63, 3.8) is 0 Å². The van der Waals surface area contributed by atoms with Crippen LogP contribution in [0.25, 0.3) is 0 Å². The van der Waals surface area contributed by atoms with Gasteiger partial charge in [0.1, 0.15) is 4.90 Å². The Kier molecular flexibility index (Phi) is 4.87. The van der Waals surface area contributed by atoms with Gasteiger partial charge in [0.05, 0.1) is 0 Å². The number of thiol groups is 1. The Hall–Kier alpha value is -1.78. The number of nitrogens with two attached hydrogens (primary N) is 1. The van der Waals surface area contributed by atoms with Gasteiger partial charge in [-0.3, -0.25) is 0 Å². The van der Waals surface area contributed by atoms with Gasteiger partial charge in [-0.2, -0.15) is 15.0 Å². The van der Waals surface area contributed by atoms with E-state index >= 15 is 0 Å². The van der Waals surface area contributed by atoms with E-state index in [0.717, 1.165) is 0 Å². The Morgan fingerprint density at radius 1 is 1.26 bits per heavy atom. The summed E-state index contributed by atoms with van der Waals surface area (Å²) in [5.74, 6) is -0.0464. The molecule has 0 aliphatic heterocycles. The van der Waals surface area contributed by atoms with E-state index in [9.17, 15) is 8.42 Å². The van der Waals surface area contributed by atoms with Gasteiger partial charge in [0.15, 0.2) is 0 Å². The molecule has 3 N–H and O–H groups in total. The van der Waals surface area contributed by atoms with E-state index in [1.165, 1.54) is 12.1 Å².